The van der Waals surface area contributed by atoms with Gasteiger partial charge in [-0.25, -0.2) is 4.79 Å². The highest BCUT2D eigenvalue weighted by molar-refractivity contribution is 5.83. The van der Waals surface area contributed by atoms with Crippen molar-refractivity contribution in [1.82, 2.24) is 15.1 Å². The lowest BCUT2D eigenvalue weighted by atomic mass is 10.5. The molecule has 5 nitrogen and oxygen atoms in total. The second kappa shape index (κ2) is 4.58. The minimum atomic E-state index is -0.259. The summed E-state index contributed by atoms with van der Waals surface area (Å²) in [6, 6.07) is -0.259. The van der Waals surface area contributed by atoms with Crippen LogP contribution in [0.1, 0.15) is 0 Å². The number of rotatable bonds is 2. The molecule has 0 radical (unpaired) electrons. The van der Waals surface area contributed by atoms with E-state index in [1.165, 1.54) is 9.80 Å². The summed E-state index contributed by atoms with van der Waals surface area (Å²) in [5.41, 5.74) is 0. The van der Waals surface area contributed by atoms with Gasteiger partial charge < -0.3 is 15.1 Å². The first-order valence-corrected chi connectivity index (χ1v) is 3.60. The molecular formula is C7H15N3O2. The molecule has 0 aromatic rings. The SMILES string of the molecule is CN(C)C(=O)CNC(=O)N(C)C. The Bertz CT molecular complexity index is 157. The van der Waals surface area contributed by atoms with Crippen molar-refractivity contribution < 1.29 is 9.59 Å². The van der Waals surface area contributed by atoms with Gasteiger partial charge in [0.05, 0.1) is 6.54 Å². The molecule has 0 atom stereocenters. The van der Waals surface area contributed by atoms with E-state index in [2.05, 4.69) is 5.32 Å². The first kappa shape index (κ1) is 10.7. The predicted octanol–water partition coefficient (Wildman–Crippen LogP) is -0.654. The van der Waals surface area contributed by atoms with Crippen LogP contribution in [0.3, 0.4) is 0 Å². The standard InChI is InChI=1S/C7H15N3O2/c1-9(2)6(11)5-8-7(12)10(3)4/h5H2,1-4H3,(H,8,12). The van der Waals surface area contributed by atoms with Crippen LogP contribution in [0.15, 0.2) is 0 Å². The van der Waals surface area contributed by atoms with Crippen molar-refractivity contribution in [2.75, 3.05) is 34.7 Å². The zero-order valence-corrected chi connectivity index (χ0v) is 7.92. The Morgan fingerprint density at radius 3 is 1.92 bits per heavy atom. The summed E-state index contributed by atoms with van der Waals surface area (Å²) in [6.45, 7) is 0.0456. The van der Waals surface area contributed by atoms with E-state index < -0.39 is 0 Å². The van der Waals surface area contributed by atoms with Crippen LogP contribution in [0.2, 0.25) is 0 Å². The Labute approximate surface area is 72.3 Å². The maximum Gasteiger partial charge on any atom is 0.317 e. The lowest BCUT2D eigenvalue weighted by Crippen LogP contribution is -2.41. The van der Waals surface area contributed by atoms with Crippen LogP contribution < -0.4 is 5.32 Å². The third-order valence-electron chi connectivity index (χ3n) is 1.30. The van der Waals surface area contributed by atoms with Crippen LogP contribution >= 0.6 is 0 Å². The molecule has 0 saturated carbocycles. The monoisotopic (exact) mass is 173 g/mol. The normalized spacial score (nSPS) is 9.00. The van der Waals surface area contributed by atoms with Crippen molar-refractivity contribution in [3.8, 4) is 0 Å². The van der Waals surface area contributed by atoms with Crippen LogP contribution in [0.4, 0.5) is 4.79 Å². The van der Waals surface area contributed by atoms with Crippen molar-refractivity contribution in [2.24, 2.45) is 0 Å². The summed E-state index contributed by atoms with van der Waals surface area (Å²) >= 11 is 0. The van der Waals surface area contributed by atoms with E-state index in [1.807, 2.05) is 0 Å². The average molecular weight is 173 g/mol. The molecule has 0 saturated heterocycles. The van der Waals surface area contributed by atoms with E-state index in [0.29, 0.717) is 0 Å². The average Bonchev–Trinajstić information content (AvgIpc) is 1.98. The van der Waals surface area contributed by atoms with Crippen molar-refractivity contribution in [3.63, 3.8) is 0 Å². The fourth-order valence-electron chi connectivity index (χ4n) is 0.467. The van der Waals surface area contributed by atoms with Crippen molar-refractivity contribution in [3.05, 3.63) is 0 Å². The van der Waals surface area contributed by atoms with Gasteiger partial charge in [0.15, 0.2) is 0 Å². The van der Waals surface area contributed by atoms with Gasteiger partial charge in [0, 0.05) is 28.2 Å². The molecule has 5 heteroatoms. The summed E-state index contributed by atoms with van der Waals surface area (Å²) in [6.07, 6.45) is 0. The van der Waals surface area contributed by atoms with Crippen LogP contribution in [0.5, 0.6) is 0 Å². The molecule has 3 amide bonds. The van der Waals surface area contributed by atoms with Gasteiger partial charge >= 0.3 is 6.03 Å². The van der Waals surface area contributed by atoms with Gasteiger partial charge in [-0.05, 0) is 0 Å². The van der Waals surface area contributed by atoms with Crippen molar-refractivity contribution in [2.45, 2.75) is 0 Å². The first-order chi connectivity index (χ1) is 5.45. The summed E-state index contributed by atoms with van der Waals surface area (Å²) in [4.78, 5) is 24.7. The highest BCUT2D eigenvalue weighted by Crippen LogP contribution is 1.79. The molecule has 0 bridgehead atoms. The van der Waals surface area contributed by atoms with Gasteiger partial charge in [0.1, 0.15) is 0 Å². The molecule has 0 rings (SSSR count). The van der Waals surface area contributed by atoms with Crippen molar-refractivity contribution >= 4 is 11.9 Å². The fourth-order valence-corrected chi connectivity index (χ4v) is 0.467. The zero-order chi connectivity index (χ0) is 9.72. The maximum absolute atomic E-state index is 11.0. The number of hydrogen-bond donors (Lipinski definition) is 1. The number of amides is 3. The minimum Gasteiger partial charge on any atom is -0.347 e. The smallest absolute Gasteiger partial charge is 0.317 e. The Hall–Kier alpha value is -1.26. The molecule has 0 unspecified atom stereocenters. The molecule has 0 fully saturated rings. The molecule has 12 heavy (non-hydrogen) atoms. The van der Waals surface area contributed by atoms with Crippen molar-refractivity contribution in [1.29, 1.82) is 0 Å². The third-order valence-corrected chi connectivity index (χ3v) is 1.30. The molecule has 0 aliphatic heterocycles. The predicted molar refractivity (Wildman–Crippen MR) is 45.8 cm³/mol. The van der Waals surface area contributed by atoms with E-state index >= 15 is 0 Å². The Morgan fingerprint density at radius 2 is 1.58 bits per heavy atom. The summed E-state index contributed by atoms with van der Waals surface area (Å²) in [5, 5.41) is 2.46. The summed E-state index contributed by atoms with van der Waals surface area (Å²) in [7, 11) is 6.53. The molecule has 0 heterocycles. The largest absolute Gasteiger partial charge is 0.347 e. The van der Waals surface area contributed by atoms with E-state index in [1.54, 1.807) is 28.2 Å². The zero-order valence-electron chi connectivity index (χ0n) is 7.92. The highest BCUT2D eigenvalue weighted by atomic mass is 16.2. The fraction of sp³-hybridized carbons (Fsp3) is 0.714. The van der Waals surface area contributed by atoms with Crippen LogP contribution in [0, 0.1) is 0 Å². The topological polar surface area (TPSA) is 52.7 Å². The molecule has 0 aromatic heterocycles. The van der Waals surface area contributed by atoms with Gasteiger partial charge in [-0.1, -0.05) is 0 Å². The van der Waals surface area contributed by atoms with Gasteiger partial charge in [0.2, 0.25) is 5.91 Å². The number of hydrogen-bond acceptors (Lipinski definition) is 2. The van der Waals surface area contributed by atoms with Crippen LogP contribution in [0.25, 0.3) is 0 Å². The maximum atomic E-state index is 11.0. The van der Waals surface area contributed by atoms with Crippen LogP contribution in [-0.4, -0.2) is 56.5 Å². The number of likely N-dealkylation sites (N-methyl/N-ethyl adjacent to an activating group) is 1. The highest BCUT2D eigenvalue weighted by Gasteiger charge is 2.07. The van der Waals surface area contributed by atoms with Gasteiger partial charge in [0.25, 0.3) is 0 Å². The second-order valence-corrected chi connectivity index (χ2v) is 2.84. The second-order valence-electron chi connectivity index (χ2n) is 2.84. The molecule has 0 aliphatic rings. The number of carbonyl (C=O) groups excluding carboxylic acids is 2. The van der Waals surface area contributed by atoms with E-state index in [-0.39, 0.29) is 18.5 Å². The van der Waals surface area contributed by atoms with Crippen LogP contribution in [-0.2, 0) is 4.79 Å². The number of carbonyl (C=O) groups is 2. The van der Waals surface area contributed by atoms with E-state index in [0.717, 1.165) is 0 Å². The first-order valence-electron chi connectivity index (χ1n) is 3.60. The van der Waals surface area contributed by atoms with E-state index in [9.17, 15) is 9.59 Å². The number of nitrogens with one attached hydrogen (secondary N) is 1. The minimum absolute atomic E-state index is 0.0456. The molecule has 0 aromatic carbocycles. The Balaban J connectivity index is 3.69. The number of nitrogens with zero attached hydrogens (tertiary/aromatic N) is 2. The molecule has 0 aliphatic carbocycles. The quantitative estimate of drug-likeness (QED) is 0.603. The number of urea groups is 1. The lowest BCUT2D eigenvalue weighted by Gasteiger charge is -2.14. The Kier molecular flexibility index (Phi) is 4.10. The van der Waals surface area contributed by atoms with Gasteiger partial charge in [-0.3, -0.25) is 4.79 Å². The summed E-state index contributed by atoms with van der Waals surface area (Å²) < 4.78 is 0. The molecular weight excluding hydrogens is 158 g/mol. The van der Waals surface area contributed by atoms with E-state index in [4.69, 9.17) is 0 Å². The van der Waals surface area contributed by atoms with Gasteiger partial charge in [-0.15, -0.1) is 0 Å². The molecule has 70 valence electrons. The summed E-state index contributed by atoms with van der Waals surface area (Å²) in [5.74, 6) is -0.120. The molecule has 0 spiro atoms. The molecule has 1 N–H and O–H groups in total. The lowest BCUT2D eigenvalue weighted by molar-refractivity contribution is -0.127. The Morgan fingerprint density at radius 1 is 1.08 bits per heavy atom. The third kappa shape index (κ3) is 3.80. The van der Waals surface area contributed by atoms with Gasteiger partial charge in [-0.2, -0.15) is 0 Å².